The fourth-order valence-corrected chi connectivity index (χ4v) is 2.16. The van der Waals surface area contributed by atoms with Crippen molar-refractivity contribution in [2.24, 2.45) is 5.92 Å². The van der Waals surface area contributed by atoms with Gasteiger partial charge < -0.3 is 0 Å². The third-order valence-electron chi connectivity index (χ3n) is 3.19. The molecule has 0 spiro atoms. The van der Waals surface area contributed by atoms with E-state index in [4.69, 9.17) is 0 Å². The van der Waals surface area contributed by atoms with E-state index in [2.05, 4.69) is 25.2 Å². The summed E-state index contributed by atoms with van der Waals surface area (Å²) in [6, 6.07) is 2.49. The fraction of sp³-hybridized carbons (Fsp3) is 0.909. The monoisotopic (exact) mass is 180 g/mol. The SMILES string of the molecule is CCCNC1(C#N)CCCCC1C. The van der Waals surface area contributed by atoms with Gasteiger partial charge in [-0.25, -0.2) is 0 Å². The van der Waals surface area contributed by atoms with Gasteiger partial charge in [0.1, 0.15) is 5.54 Å². The Labute approximate surface area is 81.3 Å². The first-order valence-electron chi connectivity index (χ1n) is 5.41. The van der Waals surface area contributed by atoms with Crippen molar-refractivity contribution in [3.05, 3.63) is 0 Å². The first kappa shape index (κ1) is 10.5. The first-order valence-corrected chi connectivity index (χ1v) is 5.41. The Kier molecular flexibility index (Phi) is 3.74. The molecule has 0 aromatic rings. The first-order chi connectivity index (χ1) is 6.25. The lowest BCUT2D eigenvalue weighted by Gasteiger charge is -2.37. The van der Waals surface area contributed by atoms with Gasteiger partial charge >= 0.3 is 0 Å². The molecule has 0 bridgehead atoms. The Morgan fingerprint density at radius 1 is 1.54 bits per heavy atom. The summed E-state index contributed by atoms with van der Waals surface area (Å²) in [4.78, 5) is 0. The van der Waals surface area contributed by atoms with Crippen LogP contribution in [0.15, 0.2) is 0 Å². The summed E-state index contributed by atoms with van der Waals surface area (Å²) in [6.07, 6.45) is 5.83. The average Bonchev–Trinajstić information content (AvgIpc) is 2.17. The van der Waals surface area contributed by atoms with Gasteiger partial charge in [-0.2, -0.15) is 5.26 Å². The van der Waals surface area contributed by atoms with Crippen molar-refractivity contribution in [1.29, 1.82) is 5.26 Å². The fourth-order valence-electron chi connectivity index (χ4n) is 2.16. The second-order valence-electron chi connectivity index (χ2n) is 4.16. The molecule has 0 aliphatic heterocycles. The second-order valence-corrected chi connectivity index (χ2v) is 4.16. The van der Waals surface area contributed by atoms with Gasteiger partial charge in [0.2, 0.25) is 0 Å². The van der Waals surface area contributed by atoms with Gasteiger partial charge in [0, 0.05) is 0 Å². The van der Waals surface area contributed by atoms with E-state index in [1.54, 1.807) is 0 Å². The van der Waals surface area contributed by atoms with E-state index < -0.39 is 0 Å². The van der Waals surface area contributed by atoms with Gasteiger partial charge in [0.15, 0.2) is 0 Å². The quantitative estimate of drug-likeness (QED) is 0.724. The molecule has 2 unspecified atom stereocenters. The van der Waals surface area contributed by atoms with Crippen LogP contribution in [0.1, 0.15) is 46.0 Å². The molecule has 1 N–H and O–H groups in total. The van der Waals surface area contributed by atoms with E-state index in [0.29, 0.717) is 5.92 Å². The summed E-state index contributed by atoms with van der Waals surface area (Å²) in [5.41, 5.74) is -0.214. The van der Waals surface area contributed by atoms with Crippen LogP contribution in [0.5, 0.6) is 0 Å². The van der Waals surface area contributed by atoms with Gasteiger partial charge in [0.25, 0.3) is 0 Å². The predicted molar refractivity (Wildman–Crippen MR) is 54.3 cm³/mol. The molecule has 13 heavy (non-hydrogen) atoms. The molecule has 0 heterocycles. The zero-order valence-corrected chi connectivity index (χ0v) is 8.77. The largest absolute Gasteiger partial charge is 0.299 e. The topological polar surface area (TPSA) is 35.8 Å². The van der Waals surface area contributed by atoms with Crippen LogP contribution < -0.4 is 5.32 Å². The molecule has 1 aliphatic rings. The third kappa shape index (κ3) is 2.22. The zero-order chi connectivity index (χ0) is 9.73. The van der Waals surface area contributed by atoms with E-state index in [9.17, 15) is 5.26 Å². The highest BCUT2D eigenvalue weighted by Crippen LogP contribution is 2.32. The van der Waals surface area contributed by atoms with Crippen LogP contribution in [-0.4, -0.2) is 12.1 Å². The Balaban J connectivity index is 2.60. The summed E-state index contributed by atoms with van der Waals surface area (Å²) in [5.74, 6) is 0.512. The van der Waals surface area contributed by atoms with E-state index in [1.807, 2.05) is 0 Å². The average molecular weight is 180 g/mol. The molecule has 2 atom stereocenters. The standard InChI is InChI=1S/C11H20N2/c1-3-8-13-11(9-12)7-5-4-6-10(11)2/h10,13H,3-8H2,1-2H3. The predicted octanol–water partition coefficient (Wildman–Crippen LogP) is 2.46. The van der Waals surface area contributed by atoms with Crippen LogP contribution in [0.4, 0.5) is 0 Å². The smallest absolute Gasteiger partial charge is 0.109 e. The molecule has 0 saturated heterocycles. The lowest BCUT2D eigenvalue weighted by atomic mass is 9.74. The number of nitriles is 1. The highest BCUT2D eigenvalue weighted by molar-refractivity contribution is 5.11. The molecule has 2 nitrogen and oxygen atoms in total. The molecule has 1 fully saturated rings. The minimum absolute atomic E-state index is 0.214. The van der Waals surface area contributed by atoms with Crippen LogP contribution in [0, 0.1) is 17.2 Å². The summed E-state index contributed by atoms with van der Waals surface area (Å²) < 4.78 is 0. The zero-order valence-electron chi connectivity index (χ0n) is 8.77. The molecule has 0 radical (unpaired) electrons. The van der Waals surface area contributed by atoms with Crippen molar-refractivity contribution < 1.29 is 0 Å². The van der Waals surface area contributed by atoms with Crippen molar-refractivity contribution in [3.63, 3.8) is 0 Å². The molecule has 0 aromatic heterocycles. The minimum atomic E-state index is -0.214. The van der Waals surface area contributed by atoms with Crippen molar-refractivity contribution in [3.8, 4) is 6.07 Å². The Hall–Kier alpha value is -0.550. The van der Waals surface area contributed by atoms with Crippen molar-refractivity contribution in [2.45, 2.75) is 51.5 Å². The third-order valence-corrected chi connectivity index (χ3v) is 3.19. The van der Waals surface area contributed by atoms with Crippen LogP contribution in [0.3, 0.4) is 0 Å². The molecule has 74 valence electrons. The Bertz CT molecular complexity index is 195. The van der Waals surface area contributed by atoms with Gasteiger partial charge in [-0.15, -0.1) is 0 Å². The number of rotatable bonds is 3. The van der Waals surface area contributed by atoms with E-state index in [-0.39, 0.29) is 5.54 Å². The molecule has 0 aromatic carbocycles. The molecule has 1 aliphatic carbocycles. The van der Waals surface area contributed by atoms with Crippen LogP contribution in [0.2, 0.25) is 0 Å². The highest BCUT2D eigenvalue weighted by Gasteiger charge is 2.37. The lowest BCUT2D eigenvalue weighted by molar-refractivity contribution is 0.213. The molecular weight excluding hydrogens is 160 g/mol. The molecule has 2 heteroatoms. The van der Waals surface area contributed by atoms with Crippen molar-refractivity contribution in [1.82, 2.24) is 5.32 Å². The van der Waals surface area contributed by atoms with E-state index in [1.165, 1.54) is 19.3 Å². The Morgan fingerprint density at radius 3 is 2.85 bits per heavy atom. The normalized spacial score (nSPS) is 34.1. The van der Waals surface area contributed by atoms with Gasteiger partial charge in [-0.3, -0.25) is 5.32 Å². The van der Waals surface area contributed by atoms with Crippen LogP contribution in [0.25, 0.3) is 0 Å². The van der Waals surface area contributed by atoms with Crippen LogP contribution in [-0.2, 0) is 0 Å². The summed E-state index contributed by atoms with van der Waals surface area (Å²) in [6.45, 7) is 5.31. The number of nitrogens with zero attached hydrogens (tertiary/aromatic N) is 1. The Morgan fingerprint density at radius 2 is 2.31 bits per heavy atom. The molecule has 0 amide bonds. The molecular formula is C11H20N2. The lowest BCUT2D eigenvalue weighted by Crippen LogP contribution is -2.51. The van der Waals surface area contributed by atoms with Gasteiger partial charge in [-0.1, -0.05) is 26.7 Å². The summed E-state index contributed by atoms with van der Waals surface area (Å²) in [7, 11) is 0. The van der Waals surface area contributed by atoms with Gasteiger partial charge in [0.05, 0.1) is 6.07 Å². The maximum Gasteiger partial charge on any atom is 0.109 e. The molecule has 1 saturated carbocycles. The van der Waals surface area contributed by atoms with E-state index >= 15 is 0 Å². The minimum Gasteiger partial charge on any atom is -0.299 e. The van der Waals surface area contributed by atoms with Gasteiger partial charge in [-0.05, 0) is 31.7 Å². The van der Waals surface area contributed by atoms with E-state index in [0.717, 1.165) is 19.4 Å². The summed E-state index contributed by atoms with van der Waals surface area (Å²) >= 11 is 0. The highest BCUT2D eigenvalue weighted by atomic mass is 15.0. The number of nitrogens with one attached hydrogen (secondary N) is 1. The summed E-state index contributed by atoms with van der Waals surface area (Å²) in [5, 5.41) is 12.6. The number of hydrogen-bond donors (Lipinski definition) is 1. The maximum atomic E-state index is 9.23. The van der Waals surface area contributed by atoms with Crippen LogP contribution >= 0.6 is 0 Å². The maximum absolute atomic E-state index is 9.23. The molecule has 1 rings (SSSR count). The van der Waals surface area contributed by atoms with Crippen molar-refractivity contribution >= 4 is 0 Å². The number of hydrogen-bond acceptors (Lipinski definition) is 2. The van der Waals surface area contributed by atoms with Crippen molar-refractivity contribution in [2.75, 3.05) is 6.54 Å². The second kappa shape index (κ2) is 4.62.